The molecule has 9 heteroatoms. The van der Waals surface area contributed by atoms with Crippen LogP contribution in [0.5, 0.6) is 0 Å². The van der Waals surface area contributed by atoms with Gasteiger partial charge in [0.05, 0.1) is 0 Å². The number of sulfonamides is 1. The van der Waals surface area contributed by atoms with Gasteiger partial charge in [-0.3, -0.25) is 4.79 Å². The highest BCUT2D eigenvalue weighted by atomic mass is 35.5. The molecule has 0 spiro atoms. The van der Waals surface area contributed by atoms with Gasteiger partial charge < -0.3 is 15.2 Å². The fourth-order valence-electron chi connectivity index (χ4n) is 2.10. The standard InChI is InChI=1S/C13H22N4O3S.ClH/c1-16(2)13(18)12-6-10(8-17(12)3)21(19,20)15-7-11(14)9-4-5-9;/h6,8-9,11,15H,4-5,7,14H2,1-3H3;1H. The number of nitrogens with zero attached hydrogens (tertiary/aromatic N) is 2. The molecule has 22 heavy (non-hydrogen) atoms. The first-order valence-corrected chi connectivity index (χ1v) is 8.34. The number of halogens is 1. The minimum atomic E-state index is -3.64. The molecule has 1 atom stereocenters. The number of amides is 1. The van der Waals surface area contributed by atoms with Crippen molar-refractivity contribution in [1.29, 1.82) is 0 Å². The molecule has 7 nitrogen and oxygen atoms in total. The molecular weight excluding hydrogens is 328 g/mol. The normalized spacial score (nSPS) is 16.0. The zero-order chi connectivity index (χ0) is 15.8. The van der Waals surface area contributed by atoms with Crippen LogP contribution in [0.1, 0.15) is 23.3 Å². The van der Waals surface area contributed by atoms with Crippen LogP contribution in [0.4, 0.5) is 0 Å². The summed E-state index contributed by atoms with van der Waals surface area (Å²) in [5.74, 6) is 0.183. The second-order valence-electron chi connectivity index (χ2n) is 5.72. The molecule has 1 unspecified atom stereocenters. The molecule has 0 saturated heterocycles. The number of carbonyl (C=O) groups excluding carboxylic acids is 1. The molecular formula is C13H23ClN4O3S. The quantitative estimate of drug-likeness (QED) is 0.763. The van der Waals surface area contributed by atoms with E-state index in [4.69, 9.17) is 5.73 Å². The van der Waals surface area contributed by atoms with Gasteiger partial charge in [0.25, 0.3) is 5.91 Å². The van der Waals surface area contributed by atoms with Crippen molar-refractivity contribution in [2.45, 2.75) is 23.8 Å². The minimum Gasteiger partial charge on any atom is -0.345 e. The summed E-state index contributed by atoms with van der Waals surface area (Å²) < 4.78 is 28.5. The van der Waals surface area contributed by atoms with Gasteiger partial charge in [-0.25, -0.2) is 13.1 Å². The molecule has 1 heterocycles. The van der Waals surface area contributed by atoms with Crippen LogP contribution >= 0.6 is 12.4 Å². The van der Waals surface area contributed by atoms with Crippen LogP contribution < -0.4 is 10.5 Å². The maximum absolute atomic E-state index is 12.2. The van der Waals surface area contributed by atoms with E-state index >= 15 is 0 Å². The summed E-state index contributed by atoms with van der Waals surface area (Å²) in [4.78, 5) is 13.4. The molecule has 126 valence electrons. The molecule has 1 saturated carbocycles. The van der Waals surface area contributed by atoms with Gasteiger partial charge in [0.1, 0.15) is 10.6 Å². The number of hydrogen-bond donors (Lipinski definition) is 2. The Labute approximate surface area is 137 Å². The zero-order valence-corrected chi connectivity index (χ0v) is 14.6. The van der Waals surface area contributed by atoms with E-state index in [-0.39, 0.29) is 35.8 Å². The van der Waals surface area contributed by atoms with E-state index in [2.05, 4.69) is 4.72 Å². The lowest BCUT2D eigenvalue weighted by atomic mass is 10.2. The summed E-state index contributed by atoms with van der Waals surface area (Å²) in [5.41, 5.74) is 6.22. The molecule has 1 aromatic heterocycles. The van der Waals surface area contributed by atoms with E-state index < -0.39 is 10.0 Å². The molecule has 0 aliphatic heterocycles. The Hall–Kier alpha value is -1.09. The van der Waals surface area contributed by atoms with Gasteiger partial charge in [-0.1, -0.05) is 0 Å². The third kappa shape index (κ3) is 4.22. The van der Waals surface area contributed by atoms with Crippen molar-refractivity contribution in [3.63, 3.8) is 0 Å². The van der Waals surface area contributed by atoms with Crippen molar-refractivity contribution in [2.75, 3.05) is 20.6 Å². The summed E-state index contributed by atoms with van der Waals surface area (Å²) >= 11 is 0. The second-order valence-corrected chi connectivity index (χ2v) is 7.49. The van der Waals surface area contributed by atoms with Crippen molar-refractivity contribution in [3.05, 3.63) is 18.0 Å². The van der Waals surface area contributed by atoms with Crippen LogP contribution in [0.15, 0.2) is 17.2 Å². The highest BCUT2D eigenvalue weighted by molar-refractivity contribution is 7.89. The fourth-order valence-corrected chi connectivity index (χ4v) is 3.25. The number of nitrogens with two attached hydrogens (primary N) is 1. The zero-order valence-electron chi connectivity index (χ0n) is 12.9. The number of carbonyl (C=O) groups is 1. The van der Waals surface area contributed by atoms with Gasteiger partial charge in [-0.05, 0) is 24.8 Å². The third-order valence-electron chi connectivity index (χ3n) is 3.65. The number of nitrogens with one attached hydrogen (secondary N) is 1. The van der Waals surface area contributed by atoms with E-state index in [1.807, 2.05) is 0 Å². The lowest BCUT2D eigenvalue weighted by molar-refractivity contribution is 0.0818. The first-order valence-electron chi connectivity index (χ1n) is 6.85. The Balaban J connectivity index is 0.00000242. The average Bonchev–Trinajstić information content (AvgIpc) is 3.18. The van der Waals surface area contributed by atoms with Crippen LogP contribution in [0.25, 0.3) is 0 Å². The van der Waals surface area contributed by atoms with Crippen LogP contribution in [0.3, 0.4) is 0 Å². The van der Waals surface area contributed by atoms with Gasteiger partial charge in [0, 0.05) is 39.9 Å². The molecule has 1 aliphatic rings. The van der Waals surface area contributed by atoms with Crippen molar-refractivity contribution >= 4 is 28.3 Å². The topological polar surface area (TPSA) is 97.4 Å². The number of aryl methyl sites for hydroxylation is 1. The lowest BCUT2D eigenvalue weighted by Crippen LogP contribution is -2.38. The first kappa shape index (κ1) is 19.0. The van der Waals surface area contributed by atoms with Crippen LogP contribution in [-0.4, -0.2) is 50.5 Å². The summed E-state index contributed by atoms with van der Waals surface area (Å²) in [6, 6.07) is 1.24. The number of rotatable bonds is 6. The predicted octanol–water partition coefficient (Wildman–Crippen LogP) is 0.164. The Morgan fingerprint density at radius 3 is 2.59 bits per heavy atom. The van der Waals surface area contributed by atoms with Gasteiger partial charge in [-0.15, -0.1) is 12.4 Å². The van der Waals surface area contributed by atoms with Gasteiger partial charge in [-0.2, -0.15) is 0 Å². The van der Waals surface area contributed by atoms with E-state index in [0.717, 1.165) is 12.8 Å². The number of hydrogen-bond acceptors (Lipinski definition) is 4. The molecule has 3 N–H and O–H groups in total. The average molecular weight is 351 g/mol. The monoisotopic (exact) mass is 350 g/mol. The molecule has 1 fully saturated rings. The van der Waals surface area contributed by atoms with Crippen LogP contribution in [-0.2, 0) is 17.1 Å². The number of aromatic nitrogens is 1. The highest BCUT2D eigenvalue weighted by Gasteiger charge is 2.30. The smallest absolute Gasteiger partial charge is 0.269 e. The minimum absolute atomic E-state index is 0. The molecule has 0 aromatic carbocycles. The predicted molar refractivity (Wildman–Crippen MR) is 86.6 cm³/mol. The molecule has 1 aromatic rings. The van der Waals surface area contributed by atoms with Crippen molar-refractivity contribution in [2.24, 2.45) is 18.7 Å². The van der Waals surface area contributed by atoms with E-state index in [0.29, 0.717) is 11.6 Å². The highest BCUT2D eigenvalue weighted by Crippen LogP contribution is 2.31. The lowest BCUT2D eigenvalue weighted by Gasteiger charge is -2.11. The fraction of sp³-hybridized carbons (Fsp3) is 0.615. The summed E-state index contributed by atoms with van der Waals surface area (Å²) in [5, 5.41) is 0. The van der Waals surface area contributed by atoms with E-state index in [9.17, 15) is 13.2 Å². The summed E-state index contributed by atoms with van der Waals surface area (Å²) in [7, 11) is 1.24. The Morgan fingerprint density at radius 2 is 2.09 bits per heavy atom. The molecule has 0 bridgehead atoms. The molecule has 1 amide bonds. The second kappa shape index (κ2) is 6.99. The van der Waals surface area contributed by atoms with Crippen LogP contribution in [0.2, 0.25) is 0 Å². The Morgan fingerprint density at radius 1 is 1.50 bits per heavy atom. The maximum Gasteiger partial charge on any atom is 0.269 e. The van der Waals surface area contributed by atoms with Gasteiger partial charge in [0.2, 0.25) is 10.0 Å². The molecule has 0 radical (unpaired) electrons. The largest absolute Gasteiger partial charge is 0.345 e. The van der Waals surface area contributed by atoms with Crippen molar-refractivity contribution in [3.8, 4) is 0 Å². The SMILES string of the molecule is CN(C)C(=O)c1cc(S(=O)(=O)NCC(N)C2CC2)cn1C.Cl. The van der Waals surface area contributed by atoms with Gasteiger partial charge >= 0.3 is 0 Å². The van der Waals surface area contributed by atoms with E-state index in [1.54, 1.807) is 21.1 Å². The van der Waals surface area contributed by atoms with Crippen LogP contribution in [0, 0.1) is 5.92 Å². The first-order chi connectivity index (χ1) is 9.72. The Kier molecular flexibility index (Phi) is 6.03. The third-order valence-corrected chi connectivity index (χ3v) is 5.04. The summed E-state index contributed by atoms with van der Waals surface area (Å²) in [6.45, 7) is 0.221. The van der Waals surface area contributed by atoms with Gasteiger partial charge in [0.15, 0.2) is 0 Å². The molecule has 2 rings (SSSR count). The van der Waals surface area contributed by atoms with Crippen molar-refractivity contribution < 1.29 is 13.2 Å². The Bertz CT molecular complexity index is 638. The molecule has 1 aliphatic carbocycles. The van der Waals surface area contributed by atoms with E-state index in [1.165, 1.54) is 21.7 Å². The summed E-state index contributed by atoms with van der Waals surface area (Å²) in [6.07, 6.45) is 3.56. The maximum atomic E-state index is 12.2. The van der Waals surface area contributed by atoms with Crippen molar-refractivity contribution in [1.82, 2.24) is 14.2 Å².